The summed E-state index contributed by atoms with van der Waals surface area (Å²) in [5.41, 5.74) is 1.73. The Labute approximate surface area is 179 Å². The van der Waals surface area contributed by atoms with Gasteiger partial charge in [0, 0.05) is 27.7 Å². The maximum Gasteiger partial charge on any atom is 0.243 e. The highest BCUT2D eigenvalue weighted by Crippen LogP contribution is 2.33. The predicted octanol–water partition coefficient (Wildman–Crippen LogP) is 4.76. The van der Waals surface area contributed by atoms with Crippen molar-refractivity contribution >= 4 is 29.2 Å². The molecular weight excluding hydrogens is 413 g/mol. The van der Waals surface area contributed by atoms with Gasteiger partial charge in [-0.3, -0.25) is 0 Å². The van der Waals surface area contributed by atoms with Gasteiger partial charge in [0.15, 0.2) is 11.5 Å². The summed E-state index contributed by atoms with van der Waals surface area (Å²) in [6.45, 7) is 7.38. The van der Waals surface area contributed by atoms with Crippen LogP contribution in [0.1, 0.15) is 18.1 Å². The van der Waals surface area contributed by atoms with Gasteiger partial charge in [-0.25, -0.2) is 4.68 Å². The van der Waals surface area contributed by atoms with Crippen molar-refractivity contribution in [2.24, 2.45) is 0 Å². The van der Waals surface area contributed by atoms with E-state index in [1.807, 2.05) is 31.2 Å². The monoisotopic (exact) mass is 433 g/mol. The summed E-state index contributed by atoms with van der Waals surface area (Å²) in [5.74, 6) is 1.83. The fourth-order valence-electron chi connectivity index (χ4n) is 2.67. The van der Waals surface area contributed by atoms with Gasteiger partial charge in [0.05, 0.1) is 13.2 Å². The molecule has 0 fully saturated rings. The Morgan fingerprint density at radius 1 is 1.17 bits per heavy atom. The van der Waals surface area contributed by atoms with E-state index in [9.17, 15) is 0 Å². The maximum atomic E-state index is 6.27. The van der Waals surface area contributed by atoms with Crippen LogP contribution in [0.15, 0.2) is 49.1 Å². The highest BCUT2D eigenvalue weighted by atomic mass is 35.5. The number of allylic oxidation sites excluding steroid dienone is 1. The van der Waals surface area contributed by atoms with Crippen LogP contribution in [0.4, 0.5) is 5.95 Å². The van der Waals surface area contributed by atoms with Crippen LogP contribution in [0.3, 0.4) is 0 Å². The van der Waals surface area contributed by atoms with E-state index in [-0.39, 0.29) is 6.61 Å². The molecule has 0 amide bonds. The number of nitrogens with one attached hydrogen (secondary N) is 1. The van der Waals surface area contributed by atoms with E-state index in [1.54, 1.807) is 22.9 Å². The molecule has 0 aliphatic carbocycles. The van der Waals surface area contributed by atoms with Crippen molar-refractivity contribution in [2.75, 3.05) is 11.9 Å². The van der Waals surface area contributed by atoms with Gasteiger partial charge in [-0.05, 0) is 35.5 Å². The second-order valence-corrected chi connectivity index (χ2v) is 6.87. The van der Waals surface area contributed by atoms with Crippen molar-refractivity contribution in [3.63, 3.8) is 0 Å². The summed E-state index contributed by atoms with van der Waals surface area (Å²) in [5, 5.41) is 16.0. The van der Waals surface area contributed by atoms with Crippen molar-refractivity contribution < 1.29 is 9.47 Å². The van der Waals surface area contributed by atoms with E-state index in [2.05, 4.69) is 27.4 Å². The van der Waals surface area contributed by atoms with Crippen LogP contribution >= 0.6 is 23.2 Å². The molecule has 9 heteroatoms. The lowest BCUT2D eigenvalue weighted by atomic mass is 10.1. The Balaban J connectivity index is 1.80. The molecule has 152 valence electrons. The number of halogens is 2. The normalized spacial score (nSPS) is 10.6. The number of benzene rings is 2. The SMILES string of the molecule is C=CCn1nnnc1NCc1cccc(OCC)c1OCc1ccc(Cl)cc1Cl. The lowest BCUT2D eigenvalue weighted by Crippen LogP contribution is -2.10. The quantitative estimate of drug-likeness (QED) is 0.464. The van der Waals surface area contributed by atoms with E-state index >= 15 is 0 Å². The molecule has 29 heavy (non-hydrogen) atoms. The molecule has 0 aliphatic heterocycles. The van der Waals surface area contributed by atoms with Crippen LogP contribution in [0, 0.1) is 0 Å². The second-order valence-electron chi connectivity index (χ2n) is 6.03. The molecule has 0 saturated heterocycles. The zero-order chi connectivity index (χ0) is 20.6. The Morgan fingerprint density at radius 3 is 2.79 bits per heavy atom. The number of para-hydroxylation sites is 1. The number of ether oxygens (including phenoxy) is 2. The predicted molar refractivity (Wildman–Crippen MR) is 114 cm³/mol. The Hall–Kier alpha value is -2.77. The first-order valence-corrected chi connectivity index (χ1v) is 9.80. The minimum atomic E-state index is 0.279. The largest absolute Gasteiger partial charge is 0.490 e. The molecule has 3 aromatic rings. The van der Waals surface area contributed by atoms with Crippen LogP contribution < -0.4 is 14.8 Å². The minimum Gasteiger partial charge on any atom is -0.490 e. The van der Waals surface area contributed by atoms with Crippen molar-refractivity contribution in [2.45, 2.75) is 26.6 Å². The van der Waals surface area contributed by atoms with Crippen LogP contribution in [0.25, 0.3) is 0 Å². The van der Waals surface area contributed by atoms with Crippen LogP contribution in [-0.4, -0.2) is 26.8 Å². The lowest BCUT2D eigenvalue weighted by molar-refractivity contribution is 0.267. The summed E-state index contributed by atoms with van der Waals surface area (Å²) in [7, 11) is 0. The summed E-state index contributed by atoms with van der Waals surface area (Å²) in [6, 6.07) is 11.1. The highest BCUT2D eigenvalue weighted by molar-refractivity contribution is 6.35. The molecule has 0 radical (unpaired) electrons. The smallest absolute Gasteiger partial charge is 0.243 e. The Morgan fingerprint density at radius 2 is 2.03 bits per heavy atom. The number of hydrogen-bond acceptors (Lipinski definition) is 6. The van der Waals surface area contributed by atoms with Crippen molar-refractivity contribution in [3.05, 3.63) is 70.2 Å². The fraction of sp³-hybridized carbons (Fsp3) is 0.250. The summed E-state index contributed by atoms with van der Waals surface area (Å²) in [6.07, 6.45) is 1.72. The molecule has 2 aromatic carbocycles. The van der Waals surface area contributed by atoms with Gasteiger partial charge >= 0.3 is 0 Å². The topological polar surface area (TPSA) is 74.1 Å². The van der Waals surface area contributed by atoms with Gasteiger partial charge in [0.2, 0.25) is 5.95 Å². The van der Waals surface area contributed by atoms with Crippen LogP contribution in [0.5, 0.6) is 11.5 Å². The van der Waals surface area contributed by atoms with Gasteiger partial charge in [-0.15, -0.1) is 6.58 Å². The molecule has 0 spiro atoms. The zero-order valence-corrected chi connectivity index (χ0v) is 17.5. The number of aromatic nitrogens is 4. The van der Waals surface area contributed by atoms with E-state index in [0.29, 0.717) is 47.2 Å². The van der Waals surface area contributed by atoms with Crippen LogP contribution in [0.2, 0.25) is 10.0 Å². The van der Waals surface area contributed by atoms with E-state index in [0.717, 1.165) is 11.1 Å². The minimum absolute atomic E-state index is 0.279. The molecule has 0 saturated carbocycles. The second kappa shape index (κ2) is 10.1. The first kappa shape index (κ1) is 21.0. The Kier molecular flexibility index (Phi) is 7.32. The molecule has 0 bridgehead atoms. The molecule has 0 unspecified atom stereocenters. The number of nitrogens with zero attached hydrogens (tertiary/aromatic N) is 4. The summed E-state index contributed by atoms with van der Waals surface area (Å²) < 4.78 is 13.5. The van der Waals surface area contributed by atoms with Gasteiger partial charge in [0.25, 0.3) is 0 Å². The van der Waals surface area contributed by atoms with Crippen molar-refractivity contribution in [3.8, 4) is 11.5 Å². The van der Waals surface area contributed by atoms with Crippen molar-refractivity contribution in [1.82, 2.24) is 20.2 Å². The average molecular weight is 434 g/mol. The van der Waals surface area contributed by atoms with Gasteiger partial charge in [-0.1, -0.05) is 52.6 Å². The number of hydrogen-bond donors (Lipinski definition) is 1. The first-order valence-electron chi connectivity index (χ1n) is 9.04. The van der Waals surface area contributed by atoms with Crippen molar-refractivity contribution in [1.29, 1.82) is 0 Å². The standard InChI is InChI=1S/C20H21Cl2N5O2/c1-3-10-27-20(24-25-26-27)23-12-14-6-5-7-18(28-4-2)19(14)29-13-15-8-9-16(21)11-17(15)22/h3,5-9,11H,1,4,10,12-13H2,2H3,(H,23,24,26). The summed E-state index contributed by atoms with van der Waals surface area (Å²) in [4.78, 5) is 0. The highest BCUT2D eigenvalue weighted by Gasteiger charge is 2.14. The first-order chi connectivity index (χ1) is 14.1. The third-order valence-corrected chi connectivity index (χ3v) is 4.61. The summed E-state index contributed by atoms with van der Waals surface area (Å²) >= 11 is 12.2. The fourth-order valence-corrected chi connectivity index (χ4v) is 3.14. The molecular formula is C20H21Cl2N5O2. The number of tetrazole rings is 1. The van der Waals surface area contributed by atoms with E-state index in [1.165, 1.54) is 0 Å². The molecule has 1 heterocycles. The van der Waals surface area contributed by atoms with E-state index < -0.39 is 0 Å². The zero-order valence-electron chi connectivity index (χ0n) is 15.9. The number of anilines is 1. The van der Waals surface area contributed by atoms with Crippen LogP contribution in [-0.2, 0) is 19.7 Å². The molecule has 0 atom stereocenters. The molecule has 3 rings (SSSR count). The third kappa shape index (κ3) is 5.40. The van der Waals surface area contributed by atoms with Gasteiger partial charge in [-0.2, -0.15) is 0 Å². The maximum absolute atomic E-state index is 6.27. The molecule has 1 aromatic heterocycles. The molecule has 7 nitrogen and oxygen atoms in total. The number of rotatable bonds is 10. The van der Waals surface area contributed by atoms with E-state index in [4.69, 9.17) is 32.7 Å². The lowest BCUT2D eigenvalue weighted by Gasteiger charge is -2.17. The average Bonchev–Trinajstić information content (AvgIpc) is 3.14. The van der Waals surface area contributed by atoms with Gasteiger partial charge in [0.1, 0.15) is 6.61 Å². The molecule has 0 aliphatic rings. The third-order valence-electron chi connectivity index (χ3n) is 4.02. The molecule has 1 N–H and O–H groups in total. The Bertz CT molecular complexity index is 977. The van der Waals surface area contributed by atoms with Gasteiger partial charge < -0.3 is 14.8 Å².